The molecule has 1 saturated heterocycles. The minimum absolute atomic E-state index is 0.734. The molecule has 0 saturated carbocycles. The van der Waals surface area contributed by atoms with Gasteiger partial charge < -0.3 is 10.2 Å². The molecule has 1 heterocycles. The number of likely N-dealkylation sites (tertiary alicyclic amines) is 1. The van der Waals surface area contributed by atoms with Crippen LogP contribution in [0.15, 0.2) is 0 Å². The highest BCUT2D eigenvalue weighted by Gasteiger charge is 2.20. The summed E-state index contributed by atoms with van der Waals surface area (Å²) in [7, 11) is 2.04. The largest absolute Gasteiger partial charge is 0.320 e. The van der Waals surface area contributed by atoms with E-state index < -0.39 is 0 Å². The van der Waals surface area contributed by atoms with Crippen LogP contribution in [0.3, 0.4) is 0 Å². The summed E-state index contributed by atoms with van der Waals surface area (Å²) < 4.78 is 0. The average Bonchev–Trinajstić information content (AvgIpc) is 2.15. The second-order valence-electron chi connectivity index (χ2n) is 4.49. The van der Waals surface area contributed by atoms with E-state index >= 15 is 0 Å². The van der Waals surface area contributed by atoms with Gasteiger partial charge in [-0.1, -0.05) is 0 Å². The van der Waals surface area contributed by atoms with Gasteiger partial charge in [0.05, 0.1) is 0 Å². The van der Waals surface area contributed by atoms with Crippen molar-refractivity contribution >= 4 is 0 Å². The molecular weight excluding hydrogens is 160 g/mol. The van der Waals surface area contributed by atoms with Gasteiger partial charge in [0, 0.05) is 12.6 Å². The number of nitrogens with zero attached hydrogens (tertiary/aromatic N) is 1. The van der Waals surface area contributed by atoms with Crippen LogP contribution in [0.2, 0.25) is 0 Å². The lowest BCUT2D eigenvalue weighted by Crippen LogP contribution is -2.40. The monoisotopic (exact) mass is 184 g/mol. The van der Waals surface area contributed by atoms with Crippen LogP contribution in [0.5, 0.6) is 0 Å². The van der Waals surface area contributed by atoms with Gasteiger partial charge >= 0.3 is 0 Å². The third kappa shape index (κ3) is 3.65. The Hall–Kier alpha value is -0.0800. The van der Waals surface area contributed by atoms with Gasteiger partial charge in [0.25, 0.3) is 0 Å². The van der Waals surface area contributed by atoms with E-state index in [9.17, 15) is 0 Å². The Kier molecular flexibility index (Phi) is 4.74. The van der Waals surface area contributed by atoms with E-state index in [1.54, 1.807) is 0 Å². The van der Waals surface area contributed by atoms with Gasteiger partial charge in [0.1, 0.15) is 0 Å². The maximum Gasteiger partial charge on any atom is 0.00387 e. The van der Waals surface area contributed by atoms with Gasteiger partial charge in [-0.15, -0.1) is 0 Å². The van der Waals surface area contributed by atoms with E-state index in [0.717, 1.165) is 12.0 Å². The van der Waals surface area contributed by atoms with Crippen LogP contribution in [0, 0.1) is 5.92 Å². The van der Waals surface area contributed by atoms with Gasteiger partial charge in [0.15, 0.2) is 0 Å². The molecule has 2 heteroatoms. The minimum Gasteiger partial charge on any atom is -0.320 e. The second-order valence-corrected chi connectivity index (χ2v) is 4.49. The Labute approximate surface area is 82.7 Å². The Bertz CT molecular complexity index is 134. The molecule has 1 N–H and O–H groups in total. The molecule has 1 aliphatic heterocycles. The van der Waals surface area contributed by atoms with Crippen molar-refractivity contribution < 1.29 is 0 Å². The molecule has 1 unspecified atom stereocenters. The molecule has 78 valence electrons. The first-order valence-electron chi connectivity index (χ1n) is 5.62. The zero-order chi connectivity index (χ0) is 9.68. The number of hydrogen-bond acceptors (Lipinski definition) is 2. The minimum atomic E-state index is 0.734. The maximum atomic E-state index is 3.24. The molecular formula is C11H24N2. The van der Waals surface area contributed by atoms with E-state index in [2.05, 4.69) is 24.1 Å². The molecule has 0 aromatic carbocycles. The first-order valence-corrected chi connectivity index (χ1v) is 5.62. The highest BCUT2D eigenvalue weighted by Crippen LogP contribution is 2.20. The van der Waals surface area contributed by atoms with Crippen LogP contribution in [0.4, 0.5) is 0 Å². The summed E-state index contributed by atoms with van der Waals surface area (Å²) in [5.41, 5.74) is 0. The number of piperidine rings is 1. The van der Waals surface area contributed by atoms with Crippen molar-refractivity contribution in [3.63, 3.8) is 0 Å². The second kappa shape index (κ2) is 5.61. The normalized spacial score (nSPS) is 25.4. The summed E-state index contributed by atoms with van der Waals surface area (Å²) in [4.78, 5) is 2.61. The van der Waals surface area contributed by atoms with Crippen LogP contribution in [-0.2, 0) is 0 Å². The van der Waals surface area contributed by atoms with E-state index in [-0.39, 0.29) is 0 Å². The third-order valence-corrected chi connectivity index (χ3v) is 3.08. The predicted molar refractivity (Wildman–Crippen MR) is 58.0 cm³/mol. The van der Waals surface area contributed by atoms with Gasteiger partial charge in [-0.05, 0) is 59.2 Å². The lowest BCUT2D eigenvalue weighted by atomic mass is 9.94. The van der Waals surface area contributed by atoms with Crippen molar-refractivity contribution in [3.8, 4) is 0 Å². The summed E-state index contributed by atoms with van der Waals surface area (Å²) in [6.45, 7) is 8.42. The van der Waals surface area contributed by atoms with Gasteiger partial charge in [-0.2, -0.15) is 0 Å². The summed E-state index contributed by atoms with van der Waals surface area (Å²) in [5, 5.41) is 3.24. The Morgan fingerprint density at radius 3 is 2.85 bits per heavy atom. The van der Waals surface area contributed by atoms with Crippen LogP contribution in [0.1, 0.15) is 33.1 Å². The zero-order valence-electron chi connectivity index (χ0n) is 9.34. The van der Waals surface area contributed by atoms with E-state index in [4.69, 9.17) is 0 Å². The Morgan fingerprint density at radius 1 is 1.46 bits per heavy atom. The number of nitrogens with one attached hydrogen (secondary N) is 1. The molecule has 0 radical (unpaired) electrons. The first kappa shape index (κ1) is 11.0. The van der Waals surface area contributed by atoms with Crippen molar-refractivity contribution in [2.24, 2.45) is 5.92 Å². The Balaban J connectivity index is 2.25. The summed E-state index contributed by atoms with van der Waals surface area (Å²) in [5.74, 6) is 0.934. The molecule has 1 aliphatic rings. The third-order valence-electron chi connectivity index (χ3n) is 3.08. The average molecular weight is 184 g/mol. The fraction of sp³-hybridized carbons (Fsp3) is 1.00. The smallest absolute Gasteiger partial charge is 0.00387 e. The lowest BCUT2D eigenvalue weighted by molar-refractivity contribution is 0.135. The molecule has 2 nitrogen and oxygen atoms in total. The fourth-order valence-corrected chi connectivity index (χ4v) is 2.15. The molecule has 1 fully saturated rings. The molecule has 0 bridgehead atoms. The molecule has 0 spiro atoms. The highest BCUT2D eigenvalue weighted by atomic mass is 15.2. The van der Waals surface area contributed by atoms with E-state index in [1.807, 2.05) is 7.05 Å². The number of rotatable bonds is 4. The van der Waals surface area contributed by atoms with E-state index in [1.165, 1.54) is 38.9 Å². The summed E-state index contributed by atoms with van der Waals surface area (Å²) in [6, 6.07) is 0.734. The van der Waals surface area contributed by atoms with Crippen molar-refractivity contribution in [1.29, 1.82) is 0 Å². The molecule has 1 rings (SSSR count). The van der Waals surface area contributed by atoms with Crippen molar-refractivity contribution in [2.45, 2.75) is 39.2 Å². The lowest BCUT2D eigenvalue weighted by Gasteiger charge is -2.35. The quantitative estimate of drug-likeness (QED) is 0.715. The standard InChI is InChI=1S/C11H24N2/c1-10(2)13-8-4-5-11(9-13)6-7-12-3/h10-12H,4-9H2,1-3H3. The van der Waals surface area contributed by atoms with Crippen LogP contribution >= 0.6 is 0 Å². The summed E-state index contributed by atoms with van der Waals surface area (Å²) >= 11 is 0. The van der Waals surface area contributed by atoms with Crippen LogP contribution in [0.25, 0.3) is 0 Å². The Morgan fingerprint density at radius 2 is 2.23 bits per heavy atom. The van der Waals surface area contributed by atoms with Gasteiger partial charge in [0.2, 0.25) is 0 Å². The van der Waals surface area contributed by atoms with Crippen molar-refractivity contribution in [1.82, 2.24) is 10.2 Å². The topological polar surface area (TPSA) is 15.3 Å². The first-order chi connectivity index (χ1) is 6.24. The molecule has 0 aliphatic carbocycles. The van der Waals surface area contributed by atoms with Crippen LogP contribution in [-0.4, -0.2) is 37.6 Å². The molecule has 0 amide bonds. The van der Waals surface area contributed by atoms with Gasteiger partial charge in [-0.3, -0.25) is 0 Å². The van der Waals surface area contributed by atoms with E-state index in [0.29, 0.717) is 0 Å². The van der Waals surface area contributed by atoms with Gasteiger partial charge in [-0.25, -0.2) is 0 Å². The van der Waals surface area contributed by atoms with Crippen LogP contribution < -0.4 is 5.32 Å². The maximum absolute atomic E-state index is 3.24. The molecule has 1 atom stereocenters. The molecule has 0 aromatic rings. The summed E-state index contributed by atoms with van der Waals surface area (Å²) in [6.07, 6.45) is 4.18. The highest BCUT2D eigenvalue weighted by molar-refractivity contribution is 4.75. The number of hydrogen-bond donors (Lipinski definition) is 1. The molecule has 0 aromatic heterocycles. The SMILES string of the molecule is CNCCC1CCCN(C(C)C)C1. The van der Waals surface area contributed by atoms with Crippen molar-refractivity contribution in [3.05, 3.63) is 0 Å². The fourth-order valence-electron chi connectivity index (χ4n) is 2.15. The predicted octanol–water partition coefficient (Wildman–Crippen LogP) is 1.72. The molecule has 13 heavy (non-hydrogen) atoms. The zero-order valence-corrected chi connectivity index (χ0v) is 9.34. The van der Waals surface area contributed by atoms with Crippen molar-refractivity contribution in [2.75, 3.05) is 26.7 Å².